The highest BCUT2D eigenvalue weighted by molar-refractivity contribution is 6.30. The van der Waals surface area contributed by atoms with Crippen molar-refractivity contribution in [3.63, 3.8) is 0 Å². The predicted octanol–water partition coefficient (Wildman–Crippen LogP) is 4.19. The Morgan fingerprint density at radius 2 is 2.16 bits per heavy atom. The van der Waals surface area contributed by atoms with E-state index >= 15 is 0 Å². The van der Waals surface area contributed by atoms with Gasteiger partial charge in [-0.15, -0.1) is 0 Å². The van der Waals surface area contributed by atoms with E-state index in [2.05, 4.69) is 23.5 Å². The summed E-state index contributed by atoms with van der Waals surface area (Å²) < 4.78 is 5.17. The van der Waals surface area contributed by atoms with E-state index in [4.69, 9.17) is 16.1 Å². The monoisotopic (exact) mass is 278 g/mol. The maximum absolute atomic E-state index is 6.04. The summed E-state index contributed by atoms with van der Waals surface area (Å²) in [5.74, 6) is 0.881. The van der Waals surface area contributed by atoms with Crippen LogP contribution >= 0.6 is 11.6 Å². The van der Waals surface area contributed by atoms with Gasteiger partial charge >= 0.3 is 0 Å². The van der Waals surface area contributed by atoms with Crippen molar-refractivity contribution >= 4 is 11.6 Å². The minimum atomic E-state index is 0.285. The zero-order valence-electron chi connectivity index (χ0n) is 11.5. The van der Waals surface area contributed by atoms with E-state index in [-0.39, 0.29) is 6.04 Å². The van der Waals surface area contributed by atoms with Crippen molar-refractivity contribution in [3.8, 4) is 0 Å². The molecular formula is C15H19ClN2O. The van der Waals surface area contributed by atoms with E-state index in [0.717, 1.165) is 35.0 Å². The summed E-state index contributed by atoms with van der Waals surface area (Å²) >= 11 is 6.04. The maximum atomic E-state index is 6.04. The largest absolute Gasteiger partial charge is 0.361 e. The van der Waals surface area contributed by atoms with Gasteiger partial charge in [-0.2, -0.15) is 0 Å². The molecule has 0 saturated carbocycles. The van der Waals surface area contributed by atoms with Gasteiger partial charge in [0, 0.05) is 23.2 Å². The molecule has 2 aromatic rings. The first-order valence-electron chi connectivity index (χ1n) is 6.52. The molecule has 0 saturated heterocycles. The first-order chi connectivity index (χ1) is 9.11. The summed E-state index contributed by atoms with van der Waals surface area (Å²) in [5, 5.41) is 8.28. The van der Waals surface area contributed by atoms with Gasteiger partial charge in [0.1, 0.15) is 5.76 Å². The van der Waals surface area contributed by atoms with E-state index in [1.807, 2.05) is 32.0 Å². The van der Waals surface area contributed by atoms with Crippen molar-refractivity contribution in [2.75, 3.05) is 0 Å². The normalized spacial score (nSPS) is 12.6. The Morgan fingerprint density at radius 1 is 1.37 bits per heavy atom. The van der Waals surface area contributed by atoms with Gasteiger partial charge < -0.3 is 9.84 Å². The minimum absolute atomic E-state index is 0.285. The number of hydrogen-bond acceptors (Lipinski definition) is 3. The van der Waals surface area contributed by atoms with Gasteiger partial charge in [-0.05, 0) is 38.0 Å². The number of halogens is 1. The fourth-order valence-corrected chi connectivity index (χ4v) is 2.40. The summed E-state index contributed by atoms with van der Waals surface area (Å²) in [6.07, 6.45) is 1.00. The average molecular weight is 279 g/mol. The Kier molecular flexibility index (Phi) is 4.61. The van der Waals surface area contributed by atoms with Crippen molar-refractivity contribution in [2.45, 2.75) is 39.8 Å². The summed E-state index contributed by atoms with van der Waals surface area (Å²) in [7, 11) is 0. The van der Waals surface area contributed by atoms with Crippen LogP contribution in [-0.2, 0) is 6.54 Å². The first-order valence-corrected chi connectivity index (χ1v) is 6.90. The standard InChI is InChI=1S/C15H19ClN2O/c1-4-15(12-6-5-7-13(16)8-12)17-9-14-10(2)18-19-11(14)3/h5-8,15,17H,4,9H2,1-3H3/t15-/m1/s1. The van der Waals surface area contributed by atoms with E-state index < -0.39 is 0 Å². The van der Waals surface area contributed by atoms with Gasteiger partial charge in [-0.25, -0.2) is 0 Å². The second-order valence-electron chi connectivity index (χ2n) is 4.70. The van der Waals surface area contributed by atoms with Gasteiger partial charge in [0.05, 0.1) is 5.69 Å². The van der Waals surface area contributed by atoms with Crippen molar-refractivity contribution < 1.29 is 4.52 Å². The lowest BCUT2D eigenvalue weighted by Crippen LogP contribution is -2.20. The van der Waals surface area contributed by atoms with Crippen LogP contribution in [0.4, 0.5) is 0 Å². The van der Waals surface area contributed by atoms with E-state index in [1.165, 1.54) is 5.56 Å². The Balaban J connectivity index is 2.08. The van der Waals surface area contributed by atoms with Crippen molar-refractivity contribution in [2.24, 2.45) is 0 Å². The third-order valence-electron chi connectivity index (χ3n) is 3.37. The van der Waals surface area contributed by atoms with Crippen LogP contribution in [0, 0.1) is 13.8 Å². The third kappa shape index (κ3) is 3.37. The number of rotatable bonds is 5. The lowest BCUT2D eigenvalue weighted by molar-refractivity contribution is 0.391. The number of benzene rings is 1. The summed E-state index contributed by atoms with van der Waals surface area (Å²) in [4.78, 5) is 0. The van der Waals surface area contributed by atoms with Crippen molar-refractivity contribution in [1.29, 1.82) is 0 Å². The van der Waals surface area contributed by atoms with Crippen LogP contribution in [0.5, 0.6) is 0 Å². The number of hydrogen-bond donors (Lipinski definition) is 1. The molecule has 3 nitrogen and oxygen atoms in total. The summed E-state index contributed by atoms with van der Waals surface area (Å²) in [6, 6.07) is 8.27. The predicted molar refractivity (Wildman–Crippen MR) is 77.3 cm³/mol. The molecule has 0 amide bonds. The molecule has 1 heterocycles. The highest BCUT2D eigenvalue weighted by atomic mass is 35.5. The Bertz CT molecular complexity index is 531. The number of nitrogens with zero attached hydrogens (tertiary/aromatic N) is 1. The molecule has 0 aliphatic carbocycles. The van der Waals surface area contributed by atoms with E-state index in [0.29, 0.717) is 0 Å². The van der Waals surface area contributed by atoms with Crippen molar-refractivity contribution in [3.05, 3.63) is 51.9 Å². The molecule has 0 aliphatic heterocycles. The second kappa shape index (κ2) is 6.22. The third-order valence-corrected chi connectivity index (χ3v) is 3.60. The fourth-order valence-electron chi connectivity index (χ4n) is 2.20. The first kappa shape index (κ1) is 14.1. The molecule has 0 fully saturated rings. The Labute approximate surface area is 118 Å². The van der Waals surface area contributed by atoms with Crippen LogP contribution in [0.15, 0.2) is 28.8 Å². The quantitative estimate of drug-likeness (QED) is 0.891. The van der Waals surface area contributed by atoms with Crippen molar-refractivity contribution in [1.82, 2.24) is 10.5 Å². The van der Waals surface area contributed by atoms with E-state index in [9.17, 15) is 0 Å². The van der Waals surface area contributed by atoms with Crippen LogP contribution in [0.3, 0.4) is 0 Å². The highest BCUT2D eigenvalue weighted by Crippen LogP contribution is 2.21. The fraction of sp³-hybridized carbons (Fsp3) is 0.400. The highest BCUT2D eigenvalue weighted by Gasteiger charge is 2.13. The molecule has 0 spiro atoms. The molecule has 102 valence electrons. The number of nitrogens with one attached hydrogen (secondary N) is 1. The average Bonchev–Trinajstić information content (AvgIpc) is 2.71. The molecule has 0 radical (unpaired) electrons. The molecule has 0 aliphatic rings. The SMILES string of the molecule is CC[C@@H](NCc1c(C)noc1C)c1cccc(Cl)c1. The smallest absolute Gasteiger partial charge is 0.138 e. The Hall–Kier alpha value is -1.32. The van der Waals surface area contributed by atoms with Crippen LogP contribution in [-0.4, -0.2) is 5.16 Å². The number of aromatic nitrogens is 1. The minimum Gasteiger partial charge on any atom is -0.361 e. The number of aryl methyl sites for hydroxylation is 2. The van der Waals surface area contributed by atoms with E-state index in [1.54, 1.807) is 0 Å². The van der Waals surface area contributed by atoms with Crippen LogP contribution in [0.1, 0.15) is 42.0 Å². The van der Waals surface area contributed by atoms with Gasteiger partial charge in [0.15, 0.2) is 0 Å². The molecular weight excluding hydrogens is 260 g/mol. The molecule has 0 bridgehead atoms. The van der Waals surface area contributed by atoms with Crippen LogP contribution < -0.4 is 5.32 Å². The van der Waals surface area contributed by atoms with Gasteiger partial charge in [0.2, 0.25) is 0 Å². The Morgan fingerprint density at radius 3 is 2.74 bits per heavy atom. The van der Waals surface area contributed by atoms with Gasteiger partial charge in [0.25, 0.3) is 0 Å². The molecule has 19 heavy (non-hydrogen) atoms. The van der Waals surface area contributed by atoms with Crippen LogP contribution in [0.2, 0.25) is 5.02 Å². The lowest BCUT2D eigenvalue weighted by Gasteiger charge is -2.17. The molecule has 1 N–H and O–H groups in total. The zero-order valence-corrected chi connectivity index (χ0v) is 12.3. The zero-order chi connectivity index (χ0) is 13.8. The topological polar surface area (TPSA) is 38.1 Å². The molecule has 2 rings (SSSR count). The van der Waals surface area contributed by atoms with Crippen LogP contribution in [0.25, 0.3) is 0 Å². The molecule has 1 aromatic carbocycles. The molecule has 1 aromatic heterocycles. The molecule has 0 unspecified atom stereocenters. The van der Waals surface area contributed by atoms with Gasteiger partial charge in [-0.1, -0.05) is 35.8 Å². The summed E-state index contributed by atoms with van der Waals surface area (Å²) in [5.41, 5.74) is 3.30. The van der Waals surface area contributed by atoms with Gasteiger partial charge in [-0.3, -0.25) is 0 Å². The molecule has 4 heteroatoms. The summed E-state index contributed by atoms with van der Waals surface area (Å²) in [6.45, 7) is 6.82. The maximum Gasteiger partial charge on any atom is 0.138 e. The second-order valence-corrected chi connectivity index (χ2v) is 5.14. The molecule has 1 atom stereocenters. The lowest BCUT2D eigenvalue weighted by atomic mass is 10.0.